The van der Waals surface area contributed by atoms with Gasteiger partial charge in [-0.15, -0.1) is 0 Å². The van der Waals surface area contributed by atoms with Crippen LogP contribution in [0.5, 0.6) is 5.75 Å². The highest BCUT2D eigenvalue weighted by molar-refractivity contribution is 5.41. The first-order valence-corrected chi connectivity index (χ1v) is 6.70. The van der Waals surface area contributed by atoms with Crippen molar-refractivity contribution >= 4 is 0 Å². The smallest absolute Gasteiger partial charge is 0.122 e. The summed E-state index contributed by atoms with van der Waals surface area (Å²) in [5.74, 6) is 1.91. The lowest BCUT2D eigenvalue weighted by atomic mass is 9.82. The molecule has 0 aliphatic rings. The quantitative estimate of drug-likeness (QED) is 0.854. The van der Waals surface area contributed by atoms with Gasteiger partial charge in [-0.3, -0.25) is 0 Å². The summed E-state index contributed by atoms with van der Waals surface area (Å²) in [5.41, 5.74) is 2.69. The Morgan fingerprint density at radius 2 is 1.78 bits per heavy atom. The van der Waals surface area contributed by atoms with E-state index in [0.29, 0.717) is 11.8 Å². The molecule has 1 aromatic carbocycles. The molecule has 0 heterocycles. The van der Waals surface area contributed by atoms with E-state index in [9.17, 15) is 0 Å². The van der Waals surface area contributed by atoms with Gasteiger partial charge in [-0.2, -0.15) is 0 Å². The average molecular weight is 249 g/mol. The van der Waals surface area contributed by atoms with Gasteiger partial charge in [0.05, 0.1) is 7.11 Å². The molecule has 0 aliphatic carbocycles. The molecule has 0 saturated carbocycles. The molecule has 18 heavy (non-hydrogen) atoms. The molecule has 1 N–H and O–H groups in total. The Kier molecular flexibility index (Phi) is 4.80. The Morgan fingerprint density at radius 3 is 2.22 bits per heavy atom. The lowest BCUT2D eigenvalue weighted by molar-refractivity contribution is 0.343. The van der Waals surface area contributed by atoms with Crippen LogP contribution >= 0.6 is 0 Å². The standard InChI is InChI=1S/C16H27NO/c1-11(2)13-8-9-15(18-7)14(10-13)12(3)16(4,5)17-6/h8-12,17H,1-7H3. The van der Waals surface area contributed by atoms with Crippen molar-refractivity contribution in [2.45, 2.75) is 52.0 Å². The number of nitrogens with one attached hydrogen (secondary N) is 1. The summed E-state index contributed by atoms with van der Waals surface area (Å²) >= 11 is 0. The summed E-state index contributed by atoms with van der Waals surface area (Å²) in [6.45, 7) is 11.1. The van der Waals surface area contributed by atoms with Crippen LogP contribution in [0, 0.1) is 0 Å². The van der Waals surface area contributed by atoms with Crippen molar-refractivity contribution < 1.29 is 4.74 Å². The number of hydrogen-bond donors (Lipinski definition) is 1. The molecule has 1 rings (SSSR count). The van der Waals surface area contributed by atoms with Crippen molar-refractivity contribution in [1.82, 2.24) is 5.32 Å². The van der Waals surface area contributed by atoms with Gasteiger partial charge in [-0.25, -0.2) is 0 Å². The monoisotopic (exact) mass is 249 g/mol. The molecule has 0 aliphatic heterocycles. The van der Waals surface area contributed by atoms with Gasteiger partial charge < -0.3 is 10.1 Å². The third kappa shape index (κ3) is 3.05. The van der Waals surface area contributed by atoms with Crippen LogP contribution < -0.4 is 10.1 Å². The van der Waals surface area contributed by atoms with E-state index >= 15 is 0 Å². The van der Waals surface area contributed by atoms with Crippen molar-refractivity contribution in [2.24, 2.45) is 0 Å². The molecule has 1 unspecified atom stereocenters. The Balaban J connectivity index is 3.23. The third-order valence-corrected chi connectivity index (χ3v) is 4.11. The highest BCUT2D eigenvalue weighted by atomic mass is 16.5. The molecule has 1 atom stereocenters. The molecule has 1 aromatic rings. The molecular weight excluding hydrogens is 222 g/mol. The number of methoxy groups -OCH3 is 1. The maximum absolute atomic E-state index is 5.51. The molecular formula is C16H27NO. The van der Waals surface area contributed by atoms with Crippen LogP contribution in [0.4, 0.5) is 0 Å². The predicted octanol–water partition coefficient (Wildman–Crippen LogP) is 3.92. The topological polar surface area (TPSA) is 21.3 Å². The second kappa shape index (κ2) is 5.75. The van der Waals surface area contributed by atoms with E-state index < -0.39 is 0 Å². The summed E-state index contributed by atoms with van der Waals surface area (Å²) in [6, 6.07) is 6.53. The summed E-state index contributed by atoms with van der Waals surface area (Å²) in [7, 11) is 3.75. The third-order valence-electron chi connectivity index (χ3n) is 4.11. The lowest BCUT2D eigenvalue weighted by Crippen LogP contribution is -2.41. The molecule has 0 fully saturated rings. The normalized spacial score (nSPS) is 13.8. The summed E-state index contributed by atoms with van der Waals surface area (Å²) in [6.07, 6.45) is 0. The fourth-order valence-electron chi connectivity index (χ4n) is 2.06. The molecule has 0 spiro atoms. The zero-order valence-corrected chi connectivity index (χ0v) is 12.8. The fraction of sp³-hybridized carbons (Fsp3) is 0.625. The molecule has 102 valence electrons. The Hall–Kier alpha value is -1.02. The van der Waals surface area contributed by atoms with Gasteiger partial charge in [0.1, 0.15) is 5.75 Å². The largest absolute Gasteiger partial charge is 0.496 e. The number of hydrogen-bond acceptors (Lipinski definition) is 2. The average Bonchev–Trinajstić information content (AvgIpc) is 2.36. The second-order valence-electron chi connectivity index (χ2n) is 5.85. The van der Waals surface area contributed by atoms with Crippen LogP contribution in [-0.2, 0) is 0 Å². The van der Waals surface area contributed by atoms with E-state index in [1.807, 2.05) is 7.05 Å². The van der Waals surface area contributed by atoms with Gasteiger partial charge in [-0.05, 0) is 44.0 Å². The van der Waals surface area contributed by atoms with E-state index in [1.54, 1.807) is 7.11 Å². The van der Waals surface area contributed by atoms with E-state index in [0.717, 1.165) is 5.75 Å². The molecule has 0 amide bonds. The highest BCUT2D eigenvalue weighted by Gasteiger charge is 2.27. The van der Waals surface area contributed by atoms with Crippen LogP contribution in [-0.4, -0.2) is 19.7 Å². The number of benzene rings is 1. The maximum atomic E-state index is 5.51. The van der Waals surface area contributed by atoms with Gasteiger partial charge in [0.15, 0.2) is 0 Å². The highest BCUT2D eigenvalue weighted by Crippen LogP contribution is 2.35. The maximum Gasteiger partial charge on any atom is 0.122 e. The summed E-state index contributed by atoms with van der Waals surface area (Å²) in [5, 5.41) is 3.38. The molecule has 0 bridgehead atoms. The summed E-state index contributed by atoms with van der Waals surface area (Å²) < 4.78 is 5.51. The predicted molar refractivity (Wildman–Crippen MR) is 78.6 cm³/mol. The number of ether oxygens (including phenoxy) is 1. The van der Waals surface area contributed by atoms with E-state index in [-0.39, 0.29) is 5.54 Å². The van der Waals surface area contributed by atoms with Crippen molar-refractivity contribution in [3.63, 3.8) is 0 Å². The van der Waals surface area contributed by atoms with Crippen LogP contribution in [0.15, 0.2) is 18.2 Å². The zero-order chi connectivity index (χ0) is 13.9. The molecule has 0 aromatic heterocycles. The van der Waals surface area contributed by atoms with Crippen molar-refractivity contribution in [3.8, 4) is 5.75 Å². The van der Waals surface area contributed by atoms with Crippen molar-refractivity contribution in [2.75, 3.05) is 14.2 Å². The first kappa shape index (κ1) is 15.0. The minimum atomic E-state index is 0.0445. The number of likely N-dealkylation sites (N-methyl/N-ethyl adjacent to an activating group) is 1. The van der Waals surface area contributed by atoms with Crippen LogP contribution in [0.2, 0.25) is 0 Å². The molecule has 2 nitrogen and oxygen atoms in total. The molecule has 2 heteroatoms. The van der Waals surface area contributed by atoms with Crippen LogP contribution in [0.25, 0.3) is 0 Å². The van der Waals surface area contributed by atoms with Crippen molar-refractivity contribution in [1.29, 1.82) is 0 Å². The fourth-order valence-corrected chi connectivity index (χ4v) is 2.06. The lowest BCUT2D eigenvalue weighted by Gasteiger charge is -2.33. The Bertz CT molecular complexity index is 396. The van der Waals surface area contributed by atoms with E-state index in [4.69, 9.17) is 4.74 Å². The zero-order valence-electron chi connectivity index (χ0n) is 12.8. The van der Waals surface area contributed by atoms with Crippen LogP contribution in [0.1, 0.15) is 57.6 Å². The van der Waals surface area contributed by atoms with Gasteiger partial charge in [0.25, 0.3) is 0 Å². The number of rotatable bonds is 5. The van der Waals surface area contributed by atoms with Gasteiger partial charge in [0, 0.05) is 11.5 Å². The first-order valence-electron chi connectivity index (χ1n) is 6.70. The van der Waals surface area contributed by atoms with E-state index in [2.05, 4.69) is 58.1 Å². The van der Waals surface area contributed by atoms with Gasteiger partial charge >= 0.3 is 0 Å². The SMILES string of the molecule is CNC(C)(C)C(C)c1cc(C(C)C)ccc1OC. The Labute approximate surface area is 112 Å². The summed E-state index contributed by atoms with van der Waals surface area (Å²) in [4.78, 5) is 0. The molecule has 0 radical (unpaired) electrons. The minimum Gasteiger partial charge on any atom is -0.496 e. The van der Waals surface area contributed by atoms with Gasteiger partial charge in [0.2, 0.25) is 0 Å². The van der Waals surface area contributed by atoms with Crippen molar-refractivity contribution in [3.05, 3.63) is 29.3 Å². The first-order chi connectivity index (χ1) is 8.33. The molecule has 0 saturated heterocycles. The minimum absolute atomic E-state index is 0.0445. The van der Waals surface area contributed by atoms with Gasteiger partial charge in [-0.1, -0.05) is 32.9 Å². The second-order valence-corrected chi connectivity index (χ2v) is 5.85. The van der Waals surface area contributed by atoms with E-state index in [1.165, 1.54) is 11.1 Å². The Morgan fingerprint density at radius 1 is 1.17 bits per heavy atom. The van der Waals surface area contributed by atoms with Crippen LogP contribution in [0.3, 0.4) is 0 Å².